The van der Waals surface area contributed by atoms with Crippen LogP contribution in [-0.2, 0) is 17.9 Å². The Bertz CT molecular complexity index is 1020. The predicted molar refractivity (Wildman–Crippen MR) is 115 cm³/mol. The minimum Gasteiger partial charge on any atom is -0.323 e. The highest BCUT2D eigenvalue weighted by atomic mass is 79.9. The molecule has 0 spiro atoms. The molecule has 0 atom stereocenters. The predicted octanol–water partition coefficient (Wildman–Crippen LogP) is 4.46. The van der Waals surface area contributed by atoms with Crippen molar-refractivity contribution in [1.82, 2.24) is 19.6 Å². The molecule has 1 aromatic carbocycles. The summed E-state index contributed by atoms with van der Waals surface area (Å²) >= 11 is 3.52. The van der Waals surface area contributed by atoms with E-state index in [9.17, 15) is 4.79 Å². The molecule has 7 heteroatoms. The van der Waals surface area contributed by atoms with Gasteiger partial charge in [-0.15, -0.1) is 0 Å². The Morgan fingerprint density at radius 3 is 2.32 bits per heavy atom. The van der Waals surface area contributed by atoms with Gasteiger partial charge in [-0.05, 0) is 61.7 Å². The van der Waals surface area contributed by atoms with Gasteiger partial charge in [0.05, 0.1) is 40.3 Å². The van der Waals surface area contributed by atoms with Crippen molar-refractivity contribution in [2.75, 3.05) is 5.32 Å². The van der Waals surface area contributed by atoms with Crippen LogP contribution in [0.2, 0.25) is 0 Å². The van der Waals surface area contributed by atoms with Crippen molar-refractivity contribution in [3.05, 3.63) is 62.6 Å². The van der Waals surface area contributed by atoms with E-state index in [1.807, 2.05) is 49.2 Å². The number of carbonyl (C=O) groups excluding carboxylic acids is 1. The lowest BCUT2D eigenvalue weighted by atomic mass is 10.1. The largest absolute Gasteiger partial charge is 0.323 e. The number of benzene rings is 1. The van der Waals surface area contributed by atoms with Crippen LogP contribution in [0.5, 0.6) is 0 Å². The summed E-state index contributed by atoms with van der Waals surface area (Å²) in [6, 6.07) is 8.28. The van der Waals surface area contributed by atoms with Gasteiger partial charge in [0.1, 0.15) is 0 Å². The molecule has 3 aromatic rings. The second kappa shape index (κ2) is 8.31. The number of halogens is 1. The Morgan fingerprint density at radius 2 is 1.68 bits per heavy atom. The maximum atomic E-state index is 12.5. The Balaban J connectivity index is 1.68. The lowest BCUT2D eigenvalue weighted by molar-refractivity contribution is -0.116. The molecule has 2 aromatic heterocycles. The van der Waals surface area contributed by atoms with Crippen molar-refractivity contribution in [3.63, 3.8) is 0 Å². The molecule has 3 rings (SSSR count). The van der Waals surface area contributed by atoms with Crippen LogP contribution in [0.25, 0.3) is 0 Å². The summed E-state index contributed by atoms with van der Waals surface area (Å²) in [5, 5.41) is 12.1. The highest BCUT2D eigenvalue weighted by Crippen LogP contribution is 2.22. The Kier molecular flexibility index (Phi) is 6.03. The van der Waals surface area contributed by atoms with Crippen molar-refractivity contribution < 1.29 is 4.79 Å². The molecular formula is C21H26BrN5O. The van der Waals surface area contributed by atoms with Crippen LogP contribution in [0.1, 0.15) is 40.3 Å². The first kappa shape index (κ1) is 20.3. The van der Waals surface area contributed by atoms with E-state index in [-0.39, 0.29) is 5.91 Å². The second-order valence-electron chi connectivity index (χ2n) is 7.14. The van der Waals surface area contributed by atoms with Gasteiger partial charge in [0.2, 0.25) is 5.91 Å². The Labute approximate surface area is 174 Å². The van der Waals surface area contributed by atoms with Gasteiger partial charge >= 0.3 is 0 Å². The molecular weight excluding hydrogens is 418 g/mol. The van der Waals surface area contributed by atoms with E-state index in [4.69, 9.17) is 0 Å². The number of anilines is 1. The summed E-state index contributed by atoms with van der Waals surface area (Å²) in [5.74, 6) is -0.0367. The first-order valence-corrected chi connectivity index (χ1v) is 10.1. The fourth-order valence-electron chi connectivity index (χ4n) is 3.28. The summed E-state index contributed by atoms with van der Waals surface area (Å²) in [6.45, 7) is 11.2. The molecule has 0 aliphatic heterocycles. The minimum atomic E-state index is -0.0367. The van der Waals surface area contributed by atoms with Crippen LogP contribution < -0.4 is 5.32 Å². The van der Waals surface area contributed by atoms with Crippen LogP contribution >= 0.6 is 15.9 Å². The fourth-order valence-corrected chi connectivity index (χ4v) is 3.57. The highest BCUT2D eigenvalue weighted by molar-refractivity contribution is 9.10. The number of nitrogens with zero attached hydrogens (tertiary/aromatic N) is 4. The monoisotopic (exact) mass is 443 g/mol. The van der Waals surface area contributed by atoms with Gasteiger partial charge in [-0.25, -0.2) is 0 Å². The lowest BCUT2D eigenvalue weighted by Crippen LogP contribution is -2.16. The molecule has 0 aliphatic carbocycles. The molecule has 0 bridgehead atoms. The van der Waals surface area contributed by atoms with Crippen LogP contribution in [0.3, 0.4) is 0 Å². The molecule has 28 heavy (non-hydrogen) atoms. The number of rotatable bonds is 6. The molecule has 1 amide bonds. The van der Waals surface area contributed by atoms with Crippen LogP contribution in [0.15, 0.2) is 28.7 Å². The number of aromatic nitrogens is 4. The first-order chi connectivity index (χ1) is 13.3. The number of hydrogen-bond acceptors (Lipinski definition) is 3. The van der Waals surface area contributed by atoms with Crippen molar-refractivity contribution in [1.29, 1.82) is 0 Å². The molecule has 0 saturated carbocycles. The summed E-state index contributed by atoms with van der Waals surface area (Å²) in [6.07, 6.45) is 0.357. The quantitative estimate of drug-likeness (QED) is 0.611. The molecule has 0 unspecified atom stereocenters. The maximum absolute atomic E-state index is 12.5. The molecule has 0 radical (unpaired) electrons. The van der Waals surface area contributed by atoms with Crippen molar-refractivity contribution in [2.24, 2.45) is 0 Å². The van der Waals surface area contributed by atoms with Crippen molar-refractivity contribution >= 4 is 27.5 Å². The minimum absolute atomic E-state index is 0.0367. The average molecular weight is 444 g/mol. The third kappa shape index (κ3) is 4.19. The Morgan fingerprint density at radius 1 is 1.00 bits per heavy atom. The van der Waals surface area contributed by atoms with Crippen LogP contribution in [0.4, 0.5) is 5.69 Å². The van der Waals surface area contributed by atoms with E-state index in [2.05, 4.69) is 50.5 Å². The standard InChI is InChI=1S/C21H26BrN5O/c1-13-8-6-7-9-18(13)12-27-17(5)21(15(3)25-27)23-19(28)10-11-26-16(4)20(22)14(2)24-26/h6-9H,10-12H2,1-5H3,(H,23,28). The van der Waals surface area contributed by atoms with Crippen LogP contribution in [0, 0.1) is 34.6 Å². The zero-order valence-electron chi connectivity index (χ0n) is 17.0. The third-order valence-corrected chi connectivity index (χ3v) is 6.22. The summed E-state index contributed by atoms with van der Waals surface area (Å²) < 4.78 is 4.81. The highest BCUT2D eigenvalue weighted by Gasteiger charge is 2.16. The molecule has 1 N–H and O–H groups in total. The number of aryl methyl sites for hydroxylation is 4. The number of nitrogens with one attached hydrogen (secondary N) is 1. The van der Waals surface area contributed by atoms with Gasteiger partial charge < -0.3 is 5.32 Å². The zero-order valence-corrected chi connectivity index (χ0v) is 18.6. The summed E-state index contributed by atoms with van der Waals surface area (Å²) in [4.78, 5) is 12.5. The normalized spacial score (nSPS) is 11.1. The smallest absolute Gasteiger partial charge is 0.226 e. The Hall–Kier alpha value is -2.41. The maximum Gasteiger partial charge on any atom is 0.226 e. The van der Waals surface area contributed by atoms with E-state index in [1.165, 1.54) is 11.1 Å². The molecule has 0 fully saturated rings. The topological polar surface area (TPSA) is 64.7 Å². The van der Waals surface area contributed by atoms with Gasteiger partial charge in [-0.1, -0.05) is 24.3 Å². The molecule has 148 valence electrons. The average Bonchev–Trinajstić information content (AvgIpc) is 3.06. The zero-order chi connectivity index (χ0) is 20.4. The molecule has 0 aliphatic rings. The molecule has 6 nitrogen and oxygen atoms in total. The van der Waals surface area contributed by atoms with E-state index in [1.54, 1.807) is 0 Å². The summed E-state index contributed by atoms with van der Waals surface area (Å²) in [5.41, 5.74) is 7.01. The van der Waals surface area contributed by atoms with Gasteiger partial charge in [0, 0.05) is 12.1 Å². The van der Waals surface area contributed by atoms with Crippen LogP contribution in [-0.4, -0.2) is 25.5 Å². The number of amides is 1. The SMILES string of the molecule is Cc1ccccc1Cn1nc(C)c(NC(=O)CCn2nc(C)c(Br)c2C)c1C. The molecule has 0 saturated heterocycles. The van der Waals surface area contributed by atoms with Gasteiger partial charge in [0.25, 0.3) is 0 Å². The van der Waals surface area contributed by atoms with Gasteiger partial charge in [0.15, 0.2) is 0 Å². The van der Waals surface area contributed by atoms with Crippen molar-refractivity contribution in [3.8, 4) is 0 Å². The van der Waals surface area contributed by atoms with E-state index in [0.717, 1.165) is 32.9 Å². The molecule has 2 heterocycles. The first-order valence-electron chi connectivity index (χ1n) is 9.35. The third-order valence-electron chi connectivity index (χ3n) is 5.07. The van der Waals surface area contributed by atoms with E-state index >= 15 is 0 Å². The number of hydrogen-bond donors (Lipinski definition) is 1. The van der Waals surface area contributed by atoms with E-state index in [0.29, 0.717) is 19.5 Å². The van der Waals surface area contributed by atoms with Gasteiger partial charge in [-0.2, -0.15) is 10.2 Å². The summed E-state index contributed by atoms with van der Waals surface area (Å²) in [7, 11) is 0. The van der Waals surface area contributed by atoms with Gasteiger partial charge in [-0.3, -0.25) is 14.2 Å². The van der Waals surface area contributed by atoms with E-state index < -0.39 is 0 Å². The van der Waals surface area contributed by atoms with Crippen molar-refractivity contribution in [2.45, 2.75) is 54.1 Å². The number of carbonyl (C=O) groups is 1. The second-order valence-corrected chi connectivity index (χ2v) is 7.93. The lowest BCUT2D eigenvalue weighted by Gasteiger charge is -2.09. The fraction of sp³-hybridized carbons (Fsp3) is 0.381.